The summed E-state index contributed by atoms with van der Waals surface area (Å²) in [6.07, 6.45) is 0. The lowest BCUT2D eigenvalue weighted by molar-refractivity contribution is 1.86. The first-order chi connectivity index (χ1) is 11.9. The number of fused-ring (bicyclic) bond motifs is 9. The number of hydrogen-bond acceptors (Lipinski definition) is 2. The zero-order valence-electron chi connectivity index (χ0n) is 12.7. The molecule has 0 unspecified atom stereocenters. The van der Waals surface area contributed by atoms with Crippen LogP contribution in [0.2, 0.25) is 0 Å². The van der Waals surface area contributed by atoms with Crippen LogP contribution in [0.25, 0.3) is 51.1 Å². The Morgan fingerprint density at radius 2 is 0.750 bits per heavy atom. The predicted octanol–water partition coefficient (Wildman–Crippen LogP) is 7.58. The van der Waals surface area contributed by atoms with Gasteiger partial charge in [0.05, 0.1) is 0 Å². The van der Waals surface area contributed by atoms with Crippen molar-refractivity contribution in [3.8, 4) is 0 Å². The molecule has 112 valence electrons. The van der Waals surface area contributed by atoms with E-state index in [2.05, 4.69) is 72.8 Å². The Labute approximate surface area is 146 Å². The highest BCUT2D eigenvalue weighted by molar-refractivity contribution is 7.28. The second kappa shape index (κ2) is 4.56. The molecule has 0 atom stereocenters. The molecule has 6 aromatic rings. The van der Waals surface area contributed by atoms with Crippen molar-refractivity contribution >= 4 is 73.8 Å². The molecule has 0 spiro atoms. The van der Waals surface area contributed by atoms with Crippen LogP contribution in [-0.2, 0) is 0 Å². The molecule has 2 heterocycles. The van der Waals surface area contributed by atoms with Crippen LogP contribution in [0.5, 0.6) is 0 Å². The van der Waals surface area contributed by atoms with Gasteiger partial charge in [0.15, 0.2) is 0 Å². The van der Waals surface area contributed by atoms with Crippen molar-refractivity contribution in [2.24, 2.45) is 0 Å². The van der Waals surface area contributed by atoms with Crippen LogP contribution in [0.15, 0.2) is 72.8 Å². The highest BCUT2D eigenvalue weighted by atomic mass is 32.1. The number of rotatable bonds is 0. The van der Waals surface area contributed by atoms with Gasteiger partial charge in [-0.3, -0.25) is 0 Å². The molecule has 0 aliphatic carbocycles. The predicted molar refractivity (Wildman–Crippen MR) is 110 cm³/mol. The van der Waals surface area contributed by atoms with E-state index in [4.69, 9.17) is 0 Å². The summed E-state index contributed by atoms with van der Waals surface area (Å²) >= 11 is 3.82. The van der Waals surface area contributed by atoms with Gasteiger partial charge in [-0.1, -0.05) is 60.7 Å². The monoisotopic (exact) mass is 340 g/mol. The van der Waals surface area contributed by atoms with Crippen LogP contribution >= 0.6 is 22.7 Å². The summed E-state index contributed by atoms with van der Waals surface area (Å²) in [4.78, 5) is 0. The summed E-state index contributed by atoms with van der Waals surface area (Å²) < 4.78 is 5.56. The molecule has 0 aliphatic heterocycles. The van der Waals surface area contributed by atoms with Gasteiger partial charge in [0.1, 0.15) is 0 Å². The maximum Gasteiger partial charge on any atom is 0.0434 e. The molecular weight excluding hydrogens is 328 g/mol. The first kappa shape index (κ1) is 12.9. The first-order valence-corrected chi connectivity index (χ1v) is 9.68. The van der Waals surface area contributed by atoms with E-state index in [1.54, 1.807) is 0 Å². The third kappa shape index (κ3) is 1.57. The second-order valence-corrected chi connectivity index (χ2v) is 8.28. The van der Waals surface area contributed by atoms with Crippen LogP contribution in [0, 0.1) is 0 Å². The van der Waals surface area contributed by atoms with Gasteiger partial charge in [-0.25, -0.2) is 0 Å². The van der Waals surface area contributed by atoms with Gasteiger partial charge < -0.3 is 0 Å². The Bertz CT molecular complexity index is 1290. The lowest BCUT2D eigenvalue weighted by Crippen LogP contribution is -1.74. The first-order valence-electron chi connectivity index (χ1n) is 8.04. The summed E-state index contributed by atoms with van der Waals surface area (Å²) in [7, 11) is 0. The van der Waals surface area contributed by atoms with Crippen molar-refractivity contribution in [3.05, 3.63) is 72.8 Å². The average molecular weight is 340 g/mol. The fraction of sp³-hybridized carbons (Fsp3) is 0. The minimum absolute atomic E-state index is 1.37. The molecule has 0 aliphatic rings. The number of benzene rings is 4. The van der Waals surface area contributed by atoms with Gasteiger partial charge in [0, 0.05) is 51.1 Å². The molecule has 4 aromatic carbocycles. The highest BCUT2D eigenvalue weighted by Crippen LogP contribution is 2.43. The van der Waals surface area contributed by atoms with Gasteiger partial charge in [-0.05, 0) is 12.1 Å². The third-order valence-electron chi connectivity index (χ3n) is 4.88. The molecule has 24 heavy (non-hydrogen) atoms. The average Bonchev–Trinajstić information content (AvgIpc) is 3.20. The van der Waals surface area contributed by atoms with Crippen molar-refractivity contribution in [2.75, 3.05) is 0 Å². The molecule has 2 heteroatoms. The van der Waals surface area contributed by atoms with Crippen molar-refractivity contribution in [2.45, 2.75) is 0 Å². The Balaban J connectivity index is 1.86. The molecule has 0 N–H and O–H groups in total. The van der Waals surface area contributed by atoms with Crippen molar-refractivity contribution < 1.29 is 0 Å². The topological polar surface area (TPSA) is 0 Å². The SMILES string of the molecule is c1ccc2c(c1)sc1c2ccc2c1ccc1c3ccccc3sc12. The number of hydrogen-bond donors (Lipinski definition) is 0. The minimum Gasteiger partial charge on any atom is -0.135 e. The van der Waals surface area contributed by atoms with Crippen LogP contribution < -0.4 is 0 Å². The lowest BCUT2D eigenvalue weighted by atomic mass is 10.0. The fourth-order valence-corrected chi connectivity index (χ4v) is 6.23. The molecule has 0 saturated carbocycles. The molecule has 0 fully saturated rings. The van der Waals surface area contributed by atoms with Gasteiger partial charge in [-0.15, -0.1) is 22.7 Å². The molecule has 0 radical (unpaired) electrons. The zero-order chi connectivity index (χ0) is 15.7. The summed E-state index contributed by atoms with van der Waals surface area (Å²) in [6, 6.07) is 26.7. The summed E-state index contributed by atoms with van der Waals surface area (Å²) in [5.74, 6) is 0. The lowest BCUT2D eigenvalue weighted by Gasteiger charge is -2.01. The molecule has 6 rings (SSSR count). The van der Waals surface area contributed by atoms with Gasteiger partial charge in [-0.2, -0.15) is 0 Å². The van der Waals surface area contributed by atoms with E-state index in [-0.39, 0.29) is 0 Å². The normalized spacial score (nSPS) is 12.2. The maximum absolute atomic E-state index is 2.31. The van der Waals surface area contributed by atoms with Crippen LogP contribution in [0.3, 0.4) is 0 Å². The Hall–Kier alpha value is -2.42. The molecule has 0 nitrogen and oxygen atoms in total. The van der Waals surface area contributed by atoms with Gasteiger partial charge in [0.2, 0.25) is 0 Å². The minimum atomic E-state index is 1.37. The van der Waals surface area contributed by atoms with E-state index in [0.717, 1.165) is 0 Å². The Morgan fingerprint density at radius 1 is 0.375 bits per heavy atom. The van der Waals surface area contributed by atoms with Crippen LogP contribution in [0.4, 0.5) is 0 Å². The molecule has 2 aromatic heterocycles. The van der Waals surface area contributed by atoms with Gasteiger partial charge in [0.25, 0.3) is 0 Å². The molecule has 0 saturated heterocycles. The summed E-state index contributed by atoms with van der Waals surface area (Å²) in [6.45, 7) is 0. The van der Waals surface area contributed by atoms with E-state index in [9.17, 15) is 0 Å². The Morgan fingerprint density at radius 3 is 1.21 bits per heavy atom. The van der Waals surface area contributed by atoms with Crippen molar-refractivity contribution in [1.29, 1.82) is 0 Å². The van der Waals surface area contributed by atoms with E-state index in [1.165, 1.54) is 51.1 Å². The molecule has 0 bridgehead atoms. The van der Waals surface area contributed by atoms with Crippen molar-refractivity contribution in [1.82, 2.24) is 0 Å². The fourth-order valence-electron chi connectivity index (χ4n) is 3.77. The number of thiophene rings is 2. The quantitative estimate of drug-likeness (QED) is 0.267. The second-order valence-electron chi connectivity index (χ2n) is 6.18. The van der Waals surface area contributed by atoms with Crippen molar-refractivity contribution in [3.63, 3.8) is 0 Å². The van der Waals surface area contributed by atoms with E-state index < -0.39 is 0 Å². The summed E-state index contributed by atoms with van der Waals surface area (Å²) in [5, 5.41) is 8.26. The zero-order valence-corrected chi connectivity index (χ0v) is 14.4. The van der Waals surface area contributed by atoms with E-state index in [1.807, 2.05) is 22.7 Å². The maximum atomic E-state index is 2.31. The van der Waals surface area contributed by atoms with Crippen LogP contribution in [-0.4, -0.2) is 0 Å². The molecular formula is C22H12S2. The van der Waals surface area contributed by atoms with E-state index >= 15 is 0 Å². The van der Waals surface area contributed by atoms with Crippen LogP contribution in [0.1, 0.15) is 0 Å². The van der Waals surface area contributed by atoms with E-state index in [0.29, 0.717) is 0 Å². The molecule has 0 amide bonds. The largest absolute Gasteiger partial charge is 0.135 e. The van der Waals surface area contributed by atoms with Gasteiger partial charge >= 0.3 is 0 Å². The standard InChI is InChI=1S/C22H12S2/c1-3-7-19-13(5-1)15-9-11-18-17(21(15)23-19)12-10-16-14-6-2-4-8-20(14)24-22(16)18/h1-12H. The Kier molecular flexibility index (Phi) is 2.46. The third-order valence-corrected chi connectivity index (χ3v) is 7.32. The smallest absolute Gasteiger partial charge is 0.0434 e. The summed E-state index contributed by atoms with van der Waals surface area (Å²) in [5.41, 5.74) is 0. The highest BCUT2D eigenvalue weighted by Gasteiger charge is 2.12.